The molecule has 1 aromatic rings. The predicted octanol–water partition coefficient (Wildman–Crippen LogP) is 4.22. The average molecular weight is 290 g/mol. The van der Waals surface area contributed by atoms with Crippen molar-refractivity contribution in [2.75, 3.05) is 20.1 Å². The van der Waals surface area contributed by atoms with E-state index in [9.17, 15) is 0 Å². The molecule has 2 N–H and O–H groups in total. The van der Waals surface area contributed by atoms with Crippen molar-refractivity contribution in [3.8, 4) is 0 Å². The maximum absolute atomic E-state index is 5.76. The number of nitrogens with zero attached hydrogens (tertiary/aromatic N) is 1. The zero-order chi connectivity index (χ0) is 15.9. The Bertz CT molecular complexity index is 406. The van der Waals surface area contributed by atoms with E-state index in [0.29, 0.717) is 5.41 Å². The molecule has 2 heteroatoms. The Morgan fingerprint density at radius 1 is 1.19 bits per heavy atom. The fraction of sp³-hybridized carbons (Fsp3) is 0.684. The summed E-state index contributed by atoms with van der Waals surface area (Å²) >= 11 is 0. The van der Waals surface area contributed by atoms with Crippen LogP contribution in [0, 0.1) is 18.3 Å². The summed E-state index contributed by atoms with van der Waals surface area (Å²) in [5.41, 5.74) is 8.89. The molecule has 1 unspecified atom stereocenters. The van der Waals surface area contributed by atoms with Crippen molar-refractivity contribution in [3.63, 3.8) is 0 Å². The molecule has 0 saturated heterocycles. The zero-order valence-corrected chi connectivity index (χ0v) is 14.7. The average Bonchev–Trinajstić information content (AvgIpc) is 2.36. The van der Waals surface area contributed by atoms with Crippen molar-refractivity contribution >= 4 is 0 Å². The molecular weight excluding hydrogens is 256 g/mol. The second-order valence-electron chi connectivity index (χ2n) is 7.51. The summed E-state index contributed by atoms with van der Waals surface area (Å²) in [5, 5.41) is 0. The fourth-order valence-corrected chi connectivity index (χ4v) is 3.02. The highest BCUT2D eigenvalue weighted by molar-refractivity contribution is 5.21. The normalized spacial score (nSPS) is 13.7. The molecule has 0 aliphatic rings. The van der Waals surface area contributed by atoms with E-state index in [1.807, 2.05) is 0 Å². The molecule has 0 amide bonds. The van der Waals surface area contributed by atoms with Crippen molar-refractivity contribution in [1.82, 2.24) is 4.90 Å². The molecule has 0 aliphatic carbocycles. The molecule has 2 nitrogen and oxygen atoms in total. The largest absolute Gasteiger partial charge is 0.330 e. The third-order valence-corrected chi connectivity index (χ3v) is 4.37. The Hall–Kier alpha value is -0.860. The molecule has 0 spiro atoms. The maximum Gasteiger partial charge on any atom is 0.0230 e. The lowest BCUT2D eigenvalue weighted by Crippen LogP contribution is -2.25. The van der Waals surface area contributed by atoms with Crippen LogP contribution in [0.3, 0.4) is 0 Å². The highest BCUT2D eigenvalue weighted by Gasteiger charge is 2.23. The van der Waals surface area contributed by atoms with Gasteiger partial charge in [-0.3, -0.25) is 0 Å². The summed E-state index contributed by atoms with van der Waals surface area (Å²) in [6, 6.07) is 8.80. The Balaban J connectivity index is 2.37. The molecule has 0 heterocycles. The van der Waals surface area contributed by atoms with Crippen LogP contribution in [-0.2, 0) is 6.54 Å². The number of nitrogens with two attached hydrogens (primary N) is 1. The Kier molecular flexibility index (Phi) is 7.41. The highest BCUT2D eigenvalue weighted by atomic mass is 15.1. The highest BCUT2D eigenvalue weighted by Crippen LogP contribution is 2.32. The molecule has 0 aliphatic heterocycles. The van der Waals surface area contributed by atoms with Crippen molar-refractivity contribution in [3.05, 3.63) is 35.4 Å². The molecule has 0 fully saturated rings. The zero-order valence-electron chi connectivity index (χ0n) is 14.7. The van der Waals surface area contributed by atoms with Gasteiger partial charge in [0.2, 0.25) is 0 Å². The van der Waals surface area contributed by atoms with E-state index in [-0.39, 0.29) is 0 Å². The molecule has 1 aromatic carbocycles. The Morgan fingerprint density at radius 3 is 2.48 bits per heavy atom. The third-order valence-electron chi connectivity index (χ3n) is 4.37. The minimum atomic E-state index is 0.370. The predicted molar refractivity (Wildman–Crippen MR) is 93.4 cm³/mol. The molecule has 0 saturated carbocycles. The van der Waals surface area contributed by atoms with Gasteiger partial charge in [-0.15, -0.1) is 0 Å². The van der Waals surface area contributed by atoms with Crippen LogP contribution in [0.4, 0.5) is 0 Å². The van der Waals surface area contributed by atoms with Gasteiger partial charge in [-0.25, -0.2) is 0 Å². The van der Waals surface area contributed by atoms with E-state index in [2.05, 4.69) is 63.9 Å². The van der Waals surface area contributed by atoms with Gasteiger partial charge in [0.15, 0.2) is 0 Å². The second kappa shape index (κ2) is 8.55. The van der Waals surface area contributed by atoms with E-state index >= 15 is 0 Å². The standard InChI is InChI=1S/C19H34N2/c1-16-8-6-9-17(14-16)15-21(5)13-7-10-18(11-12-20)19(2,3)4/h6,8-9,14,18H,7,10-13,15,20H2,1-5H3. The molecule has 21 heavy (non-hydrogen) atoms. The monoisotopic (exact) mass is 290 g/mol. The first-order valence-corrected chi connectivity index (χ1v) is 8.27. The van der Waals surface area contributed by atoms with E-state index in [1.54, 1.807) is 0 Å². The molecular formula is C19H34N2. The fourth-order valence-electron chi connectivity index (χ4n) is 3.02. The van der Waals surface area contributed by atoms with Crippen LogP contribution >= 0.6 is 0 Å². The Morgan fingerprint density at radius 2 is 1.90 bits per heavy atom. The number of benzene rings is 1. The lowest BCUT2D eigenvalue weighted by atomic mass is 9.76. The number of aryl methyl sites for hydroxylation is 1. The summed E-state index contributed by atoms with van der Waals surface area (Å²) < 4.78 is 0. The van der Waals surface area contributed by atoms with Crippen LogP contribution in [0.1, 0.15) is 51.2 Å². The maximum atomic E-state index is 5.76. The van der Waals surface area contributed by atoms with E-state index in [4.69, 9.17) is 5.73 Å². The minimum Gasteiger partial charge on any atom is -0.330 e. The molecule has 1 rings (SSSR count). The van der Waals surface area contributed by atoms with Crippen LogP contribution in [0.25, 0.3) is 0 Å². The van der Waals surface area contributed by atoms with Crippen LogP contribution < -0.4 is 5.73 Å². The summed E-state index contributed by atoms with van der Waals surface area (Å²) in [7, 11) is 2.22. The van der Waals surface area contributed by atoms with Gasteiger partial charge in [-0.1, -0.05) is 50.6 Å². The minimum absolute atomic E-state index is 0.370. The van der Waals surface area contributed by atoms with Crippen molar-refractivity contribution in [1.29, 1.82) is 0 Å². The second-order valence-corrected chi connectivity index (χ2v) is 7.51. The molecule has 0 radical (unpaired) electrons. The van der Waals surface area contributed by atoms with Crippen LogP contribution in [0.2, 0.25) is 0 Å². The third kappa shape index (κ3) is 7.10. The van der Waals surface area contributed by atoms with E-state index in [1.165, 1.54) is 24.0 Å². The van der Waals surface area contributed by atoms with Gasteiger partial charge in [-0.2, -0.15) is 0 Å². The SMILES string of the molecule is Cc1cccc(CN(C)CCCC(CCN)C(C)(C)C)c1. The van der Waals surface area contributed by atoms with Crippen LogP contribution in [0.15, 0.2) is 24.3 Å². The first-order chi connectivity index (χ1) is 9.82. The summed E-state index contributed by atoms with van der Waals surface area (Å²) in [6.45, 7) is 12.2. The van der Waals surface area contributed by atoms with Crippen molar-refractivity contribution in [2.45, 2.75) is 53.5 Å². The number of hydrogen-bond donors (Lipinski definition) is 1. The molecule has 0 bridgehead atoms. The lowest BCUT2D eigenvalue weighted by molar-refractivity contribution is 0.199. The molecule has 0 aromatic heterocycles. The lowest BCUT2D eigenvalue weighted by Gasteiger charge is -2.31. The van der Waals surface area contributed by atoms with Crippen LogP contribution in [-0.4, -0.2) is 25.0 Å². The number of rotatable bonds is 8. The van der Waals surface area contributed by atoms with Gasteiger partial charge in [-0.05, 0) is 63.2 Å². The smallest absolute Gasteiger partial charge is 0.0230 e. The van der Waals surface area contributed by atoms with Gasteiger partial charge in [0, 0.05) is 6.54 Å². The van der Waals surface area contributed by atoms with Gasteiger partial charge in [0.05, 0.1) is 0 Å². The quantitative estimate of drug-likeness (QED) is 0.777. The van der Waals surface area contributed by atoms with Crippen molar-refractivity contribution in [2.24, 2.45) is 17.1 Å². The van der Waals surface area contributed by atoms with Crippen molar-refractivity contribution < 1.29 is 0 Å². The van der Waals surface area contributed by atoms with Gasteiger partial charge in [0.1, 0.15) is 0 Å². The topological polar surface area (TPSA) is 29.3 Å². The molecule has 120 valence electrons. The first-order valence-electron chi connectivity index (χ1n) is 8.27. The Labute approximate surface area is 131 Å². The number of hydrogen-bond acceptors (Lipinski definition) is 2. The summed E-state index contributed by atoms with van der Waals surface area (Å²) in [4.78, 5) is 2.43. The van der Waals surface area contributed by atoms with Crippen LogP contribution in [0.5, 0.6) is 0 Å². The first kappa shape index (κ1) is 18.2. The van der Waals surface area contributed by atoms with Gasteiger partial charge >= 0.3 is 0 Å². The summed E-state index contributed by atoms with van der Waals surface area (Å²) in [6.07, 6.45) is 3.67. The van der Waals surface area contributed by atoms with Gasteiger partial charge < -0.3 is 10.6 Å². The van der Waals surface area contributed by atoms with E-state index < -0.39 is 0 Å². The summed E-state index contributed by atoms with van der Waals surface area (Å²) in [5.74, 6) is 0.731. The molecule has 1 atom stereocenters. The van der Waals surface area contributed by atoms with Gasteiger partial charge in [0.25, 0.3) is 0 Å². The van der Waals surface area contributed by atoms with E-state index in [0.717, 1.165) is 32.0 Å².